The van der Waals surface area contributed by atoms with Gasteiger partial charge in [0.1, 0.15) is 12.1 Å². The van der Waals surface area contributed by atoms with Crippen LogP contribution in [0.3, 0.4) is 0 Å². The van der Waals surface area contributed by atoms with Gasteiger partial charge in [-0.2, -0.15) is 5.26 Å². The summed E-state index contributed by atoms with van der Waals surface area (Å²) in [6.07, 6.45) is 5.02. The average molecular weight is 230 g/mol. The van der Waals surface area contributed by atoms with Gasteiger partial charge in [0.25, 0.3) is 0 Å². The molecular weight excluding hydrogens is 216 g/mol. The molecular formula is C12H14N4O. The second-order valence-corrected chi connectivity index (χ2v) is 3.97. The van der Waals surface area contributed by atoms with E-state index in [1.807, 2.05) is 4.90 Å². The molecule has 1 saturated heterocycles. The van der Waals surface area contributed by atoms with E-state index in [0.29, 0.717) is 5.56 Å². The van der Waals surface area contributed by atoms with E-state index >= 15 is 0 Å². The fourth-order valence-corrected chi connectivity index (χ4v) is 2.20. The number of carbonyl (C=O) groups is 1. The highest BCUT2D eigenvalue weighted by molar-refractivity contribution is 5.86. The lowest BCUT2D eigenvalue weighted by Gasteiger charge is -2.25. The Hall–Kier alpha value is -2.09. The smallest absolute Gasteiger partial charge is 0.242 e. The molecule has 1 amide bonds. The number of aromatic nitrogens is 1. The zero-order valence-electron chi connectivity index (χ0n) is 9.68. The van der Waals surface area contributed by atoms with Crippen molar-refractivity contribution in [2.24, 2.45) is 0 Å². The predicted octanol–water partition coefficient (Wildman–Crippen LogP) is 0.668. The summed E-state index contributed by atoms with van der Waals surface area (Å²) in [5, 5.41) is 11.7. The molecule has 0 bridgehead atoms. The normalized spacial score (nSPS) is 18.8. The van der Waals surface area contributed by atoms with E-state index < -0.39 is 0 Å². The molecule has 5 nitrogen and oxygen atoms in total. The van der Waals surface area contributed by atoms with E-state index in [0.717, 1.165) is 25.1 Å². The molecule has 1 atom stereocenters. The molecule has 1 aliphatic heterocycles. The van der Waals surface area contributed by atoms with Crippen LogP contribution in [0.15, 0.2) is 18.5 Å². The van der Waals surface area contributed by atoms with Crippen LogP contribution in [0.25, 0.3) is 0 Å². The molecule has 0 aliphatic carbocycles. The first-order valence-electron chi connectivity index (χ1n) is 5.60. The van der Waals surface area contributed by atoms with Crippen molar-refractivity contribution in [1.82, 2.24) is 10.3 Å². The van der Waals surface area contributed by atoms with Gasteiger partial charge in [-0.1, -0.05) is 0 Å². The Balaban J connectivity index is 2.33. The molecule has 2 heterocycles. The van der Waals surface area contributed by atoms with Gasteiger partial charge < -0.3 is 10.2 Å². The van der Waals surface area contributed by atoms with Crippen molar-refractivity contribution in [2.45, 2.75) is 18.9 Å². The molecule has 0 saturated carbocycles. The van der Waals surface area contributed by atoms with E-state index in [9.17, 15) is 4.79 Å². The Morgan fingerprint density at radius 1 is 1.71 bits per heavy atom. The largest absolute Gasteiger partial charge is 0.357 e. The van der Waals surface area contributed by atoms with Crippen LogP contribution >= 0.6 is 0 Å². The highest BCUT2D eigenvalue weighted by Gasteiger charge is 2.31. The van der Waals surface area contributed by atoms with Gasteiger partial charge in [-0.05, 0) is 18.9 Å². The number of amides is 1. The molecule has 1 aromatic rings. The number of nitriles is 1. The maximum Gasteiger partial charge on any atom is 0.242 e. The zero-order valence-corrected chi connectivity index (χ0v) is 9.68. The van der Waals surface area contributed by atoms with Gasteiger partial charge in [0, 0.05) is 19.8 Å². The minimum Gasteiger partial charge on any atom is -0.357 e. The van der Waals surface area contributed by atoms with Crippen LogP contribution in [0.2, 0.25) is 0 Å². The molecule has 5 heteroatoms. The first kappa shape index (κ1) is 11.4. The SMILES string of the molecule is CNC(=O)C1CCCN1c1cnccc1C#N. The van der Waals surface area contributed by atoms with Crippen molar-refractivity contribution in [2.75, 3.05) is 18.5 Å². The third kappa shape index (κ3) is 2.07. The number of pyridine rings is 1. The van der Waals surface area contributed by atoms with Crippen LogP contribution in [0.1, 0.15) is 18.4 Å². The fraction of sp³-hybridized carbons (Fsp3) is 0.417. The number of likely N-dealkylation sites (N-methyl/N-ethyl adjacent to an activating group) is 1. The van der Waals surface area contributed by atoms with E-state index in [2.05, 4.69) is 16.4 Å². The summed E-state index contributed by atoms with van der Waals surface area (Å²) in [7, 11) is 1.63. The summed E-state index contributed by atoms with van der Waals surface area (Å²) in [6, 6.07) is 3.63. The molecule has 1 N–H and O–H groups in total. The van der Waals surface area contributed by atoms with Gasteiger partial charge >= 0.3 is 0 Å². The Labute approximate surface area is 100 Å². The zero-order chi connectivity index (χ0) is 12.3. The summed E-state index contributed by atoms with van der Waals surface area (Å²) < 4.78 is 0. The molecule has 1 aromatic heterocycles. The quantitative estimate of drug-likeness (QED) is 0.810. The number of nitrogens with zero attached hydrogens (tertiary/aromatic N) is 3. The molecule has 0 spiro atoms. The van der Waals surface area contributed by atoms with Crippen LogP contribution in [-0.2, 0) is 4.79 Å². The molecule has 0 aromatic carbocycles. The fourth-order valence-electron chi connectivity index (χ4n) is 2.20. The summed E-state index contributed by atoms with van der Waals surface area (Å²) in [5.74, 6) is -0.00440. The van der Waals surface area contributed by atoms with Crippen molar-refractivity contribution in [3.8, 4) is 6.07 Å². The molecule has 1 fully saturated rings. The van der Waals surface area contributed by atoms with E-state index in [4.69, 9.17) is 5.26 Å². The van der Waals surface area contributed by atoms with Gasteiger partial charge in [0.2, 0.25) is 5.91 Å². The average Bonchev–Trinajstić information content (AvgIpc) is 2.86. The third-order valence-corrected chi connectivity index (χ3v) is 3.03. The molecule has 17 heavy (non-hydrogen) atoms. The third-order valence-electron chi connectivity index (χ3n) is 3.03. The molecule has 0 radical (unpaired) electrons. The van der Waals surface area contributed by atoms with E-state index in [1.165, 1.54) is 0 Å². The lowest BCUT2D eigenvalue weighted by molar-refractivity contribution is -0.121. The predicted molar refractivity (Wildman–Crippen MR) is 63.4 cm³/mol. The first-order chi connectivity index (χ1) is 8.27. The Kier molecular flexibility index (Phi) is 3.24. The van der Waals surface area contributed by atoms with Crippen LogP contribution in [0.5, 0.6) is 0 Å². The van der Waals surface area contributed by atoms with Crippen molar-refractivity contribution < 1.29 is 4.79 Å². The van der Waals surface area contributed by atoms with Crippen LogP contribution < -0.4 is 10.2 Å². The van der Waals surface area contributed by atoms with Crippen molar-refractivity contribution in [3.63, 3.8) is 0 Å². The molecule has 2 rings (SSSR count). The Morgan fingerprint density at radius 3 is 3.24 bits per heavy atom. The van der Waals surface area contributed by atoms with E-state index in [-0.39, 0.29) is 11.9 Å². The van der Waals surface area contributed by atoms with Gasteiger partial charge in [0.15, 0.2) is 0 Å². The van der Waals surface area contributed by atoms with Gasteiger partial charge in [-0.15, -0.1) is 0 Å². The van der Waals surface area contributed by atoms with Gasteiger partial charge in [-0.25, -0.2) is 0 Å². The molecule has 1 unspecified atom stereocenters. The number of anilines is 1. The number of carbonyl (C=O) groups excluding carboxylic acids is 1. The lowest BCUT2D eigenvalue weighted by Crippen LogP contribution is -2.42. The van der Waals surface area contributed by atoms with Crippen LogP contribution in [0, 0.1) is 11.3 Å². The topological polar surface area (TPSA) is 69.0 Å². The van der Waals surface area contributed by atoms with Crippen molar-refractivity contribution in [1.29, 1.82) is 5.26 Å². The Bertz CT molecular complexity index is 466. The minimum atomic E-state index is -0.184. The summed E-state index contributed by atoms with van der Waals surface area (Å²) in [5.41, 5.74) is 1.32. The summed E-state index contributed by atoms with van der Waals surface area (Å²) in [6.45, 7) is 0.790. The number of hydrogen-bond donors (Lipinski definition) is 1. The second-order valence-electron chi connectivity index (χ2n) is 3.97. The Morgan fingerprint density at radius 2 is 2.53 bits per heavy atom. The number of rotatable bonds is 2. The highest BCUT2D eigenvalue weighted by Crippen LogP contribution is 2.27. The maximum atomic E-state index is 11.7. The van der Waals surface area contributed by atoms with Gasteiger partial charge in [-0.3, -0.25) is 9.78 Å². The molecule has 88 valence electrons. The van der Waals surface area contributed by atoms with E-state index in [1.54, 1.807) is 25.5 Å². The van der Waals surface area contributed by atoms with Crippen LogP contribution in [-0.4, -0.2) is 30.5 Å². The summed E-state index contributed by atoms with van der Waals surface area (Å²) in [4.78, 5) is 17.7. The van der Waals surface area contributed by atoms with Crippen molar-refractivity contribution in [3.05, 3.63) is 24.0 Å². The highest BCUT2D eigenvalue weighted by atomic mass is 16.2. The first-order valence-corrected chi connectivity index (χ1v) is 5.60. The molecule has 1 aliphatic rings. The maximum absolute atomic E-state index is 11.7. The second kappa shape index (κ2) is 4.83. The number of hydrogen-bond acceptors (Lipinski definition) is 4. The van der Waals surface area contributed by atoms with Crippen LogP contribution in [0.4, 0.5) is 5.69 Å². The number of nitrogens with one attached hydrogen (secondary N) is 1. The van der Waals surface area contributed by atoms with Gasteiger partial charge in [0.05, 0.1) is 17.4 Å². The minimum absolute atomic E-state index is 0.00440. The summed E-state index contributed by atoms with van der Waals surface area (Å²) >= 11 is 0. The van der Waals surface area contributed by atoms with Crippen molar-refractivity contribution >= 4 is 11.6 Å². The lowest BCUT2D eigenvalue weighted by atomic mass is 10.1. The monoisotopic (exact) mass is 230 g/mol. The standard InChI is InChI=1S/C12H14N4O/c1-14-12(17)10-3-2-6-16(10)11-8-15-5-4-9(11)7-13/h4-5,8,10H,2-3,6H2,1H3,(H,14,17).